The Bertz CT molecular complexity index is 497. The van der Waals surface area contributed by atoms with Crippen LogP contribution in [0, 0.1) is 0 Å². The molecule has 0 amide bonds. The van der Waals surface area contributed by atoms with Crippen LogP contribution in [0.1, 0.15) is 43.7 Å². The first-order valence-electron chi connectivity index (χ1n) is 8.15. The third kappa shape index (κ3) is 8.17. The number of rotatable bonds is 7. The van der Waals surface area contributed by atoms with Gasteiger partial charge in [0.1, 0.15) is 0 Å². The van der Waals surface area contributed by atoms with E-state index in [1.807, 2.05) is 0 Å². The fourth-order valence-electron chi connectivity index (χ4n) is 2.50. The summed E-state index contributed by atoms with van der Waals surface area (Å²) in [6.45, 7) is 5.40. The van der Waals surface area contributed by atoms with Crippen LogP contribution < -0.4 is 5.32 Å². The Balaban J connectivity index is 0.000000593. The van der Waals surface area contributed by atoms with Gasteiger partial charge in [-0.1, -0.05) is 67.6 Å². The SMILES string of the molecule is CC(=O)O.CCNCCCC(c1ccccc1)c1ccccc1. The van der Waals surface area contributed by atoms with Crippen molar-refractivity contribution in [2.75, 3.05) is 13.1 Å². The Morgan fingerprint density at radius 3 is 1.83 bits per heavy atom. The lowest BCUT2D eigenvalue weighted by Crippen LogP contribution is -2.15. The molecule has 0 bridgehead atoms. The molecule has 0 heterocycles. The summed E-state index contributed by atoms with van der Waals surface area (Å²) in [6, 6.07) is 21.7. The highest BCUT2D eigenvalue weighted by molar-refractivity contribution is 5.62. The molecule has 0 spiro atoms. The molecule has 0 saturated heterocycles. The van der Waals surface area contributed by atoms with Crippen LogP contribution in [0.4, 0.5) is 0 Å². The monoisotopic (exact) mass is 313 g/mol. The Hall–Kier alpha value is -2.13. The van der Waals surface area contributed by atoms with Crippen LogP contribution in [0.5, 0.6) is 0 Å². The van der Waals surface area contributed by atoms with Crippen LogP contribution in [0.15, 0.2) is 60.7 Å². The summed E-state index contributed by atoms with van der Waals surface area (Å²) in [5, 5.41) is 10.8. The summed E-state index contributed by atoms with van der Waals surface area (Å²) in [5.74, 6) is -0.318. The van der Waals surface area contributed by atoms with Crippen molar-refractivity contribution < 1.29 is 9.90 Å². The lowest BCUT2D eigenvalue weighted by Gasteiger charge is -2.18. The molecule has 3 nitrogen and oxygen atoms in total. The average molecular weight is 313 g/mol. The Labute approximate surface area is 139 Å². The number of aliphatic carboxylic acids is 1. The molecule has 2 N–H and O–H groups in total. The lowest BCUT2D eigenvalue weighted by molar-refractivity contribution is -0.134. The summed E-state index contributed by atoms with van der Waals surface area (Å²) in [5.41, 5.74) is 2.84. The Morgan fingerprint density at radius 1 is 1.00 bits per heavy atom. The first-order chi connectivity index (χ1) is 11.1. The highest BCUT2D eigenvalue weighted by Gasteiger charge is 2.12. The summed E-state index contributed by atoms with van der Waals surface area (Å²) in [7, 11) is 0. The van der Waals surface area contributed by atoms with Gasteiger partial charge in [-0.05, 0) is 37.1 Å². The average Bonchev–Trinajstić information content (AvgIpc) is 2.56. The lowest BCUT2D eigenvalue weighted by atomic mass is 9.87. The van der Waals surface area contributed by atoms with Gasteiger partial charge in [-0.25, -0.2) is 0 Å². The van der Waals surface area contributed by atoms with Gasteiger partial charge in [0.2, 0.25) is 0 Å². The van der Waals surface area contributed by atoms with Crippen molar-refractivity contribution in [1.29, 1.82) is 0 Å². The second kappa shape index (κ2) is 11.4. The maximum atomic E-state index is 9.00. The topological polar surface area (TPSA) is 49.3 Å². The van der Waals surface area contributed by atoms with E-state index in [0.717, 1.165) is 20.0 Å². The zero-order valence-electron chi connectivity index (χ0n) is 14.0. The van der Waals surface area contributed by atoms with E-state index in [9.17, 15) is 0 Å². The van der Waals surface area contributed by atoms with E-state index in [0.29, 0.717) is 5.92 Å². The van der Waals surface area contributed by atoms with Gasteiger partial charge in [0.15, 0.2) is 0 Å². The molecule has 0 aliphatic heterocycles. The van der Waals surface area contributed by atoms with E-state index >= 15 is 0 Å². The van der Waals surface area contributed by atoms with Crippen molar-refractivity contribution in [1.82, 2.24) is 5.32 Å². The van der Waals surface area contributed by atoms with Crippen molar-refractivity contribution in [3.05, 3.63) is 71.8 Å². The molecule has 23 heavy (non-hydrogen) atoms. The van der Waals surface area contributed by atoms with E-state index in [1.165, 1.54) is 24.0 Å². The van der Waals surface area contributed by atoms with E-state index < -0.39 is 5.97 Å². The molecule has 0 saturated carbocycles. The summed E-state index contributed by atoms with van der Waals surface area (Å²) in [4.78, 5) is 9.00. The second-order valence-corrected chi connectivity index (χ2v) is 5.39. The number of hydrogen-bond acceptors (Lipinski definition) is 2. The third-order valence-corrected chi connectivity index (χ3v) is 3.50. The molecule has 0 fully saturated rings. The van der Waals surface area contributed by atoms with Crippen molar-refractivity contribution in [2.45, 2.75) is 32.6 Å². The van der Waals surface area contributed by atoms with Crippen LogP contribution in [0.3, 0.4) is 0 Å². The predicted octanol–water partition coefficient (Wildman–Crippen LogP) is 4.30. The fourth-order valence-corrected chi connectivity index (χ4v) is 2.50. The van der Waals surface area contributed by atoms with Gasteiger partial charge in [0.25, 0.3) is 5.97 Å². The standard InChI is InChI=1S/C18H23N.C2H4O2/c1-2-19-15-9-14-18(16-10-5-3-6-11-16)17-12-7-4-8-13-17;1-2(3)4/h3-8,10-13,18-19H,2,9,14-15H2,1H3;1H3,(H,3,4). The highest BCUT2D eigenvalue weighted by Crippen LogP contribution is 2.28. The molecular weight excluding hydrogens is 286 g/mol. The normalized spacial score (nSPS) is 10.0. The molecule has 2 rings (SSSR count). The molecule has 2 aromatic rings. The van der Waals surface area contributed by atoms with Crippen molar-refractivity contribution >= 4 is 5.97 Å². The minimum Gasteiger partial charge on any atom is -0.481 e. The number of carbonyl (C=O) groups is 1. The van der Waals surface area contributed by atoms with E-state index in [2.05, 4.69) is 72.9 Å². The van der Waals surface area contributed by atoms with Gasteiger partial charge in [0, 0.05) is 12.8 Å². The first kappa shape index (κ1) is 18.9. The largest absolute Gasteiger partial charge is 0.481 e. The van der Waals surface area contributed by atoms with Crippen molar-refractivity contribution in [2.24, 2.45) is 0 Å². The number of nitrogens with one attached hydrogen (secondary N) is 1. The van der Waals surface area contributed by atoms with Crippen LogP contribution >= 0.6 is 0 Å². The van der Waals surface area contributed by atoms with Crippen LogP contribution in [-0.4, -0.2) is 24.2 Å². The van der Waals surface area contributed by atoms with Gasteiger partial charge in [0.05, 0.1) is 0 Å². The molecule has 3 heteroatoms. The zero-order valence-corrected chi connectivity index (χ0v) is 14.0. The number of carboxylic acids is 1. The molecule has 0 aliphatic carbocycles. The number of benzene rings is 2. The molecule has 0 unspecified atom stereocenters. The summed E-state index contributed by atoms with van der Waals surface area (Å²) >= 11 is 0. The molecule has 0 radical (unpaired) electrons. The second-order valence-electron chi connectivity index (χ2n) is 5.39. The van der Waals surface area contributed by atoms with Crippen LogP contribution in [0.2, 0.25) is 0 Å². The number of hydrogen-bond donors (Lipinski definition) is 2. The van der Waals surface area contributed by atoms with Gasteiger partial charge < -0.3 is 10.4 Å². The minimum atomic E-state index is -0.833. The van der Waals surface area contributed by atoms with E-state index in [4.69, 9.17) is 9.90 Å². The fraction of sp³-hybridized carbons (Fsp3) is 0.350. The molecular formula is C20H27NO2. The Kier molecular flexibility index (Phi) is 9.41. The summed E-state index contributed by atoms with van der Waals surface area (Å²) < 4.78 is 0. The maximum Gasteiger partial charge on any atom is 0.300 e. The molecule has 0 aliphatic rings. The van der Waals surface area contributed by atoms with Crippen LogP contribution in [-0.2, 0) is 4.79 Å². The zero-order chi connectivity index (χ0) is 16.9. The van der Waals surface area contributed by atoms with E-state index in [1.54, 1.807) is 0 Å². The summed E-state index contributed by atoms with van der Waals surface area (Å²) in [6.07, 6.45) is 2.41. The predicted molar refractivity (Wildman–Crippen MR) is 95.8 cm³/mol. The molecule has 0 atom stereocenters. The smallest absolute Gasteiger partial charge is 0.300 e. The van der Waals surface area contributed by atoms with Gasteiger partial charge in [-0.3, -0.25) is 4.79 Å². The van der Waals surface area contributed by atoms with Gasteiger partial charge in [-0.2, -0.15) is 0 Å². The maximum absolute atomic E-state index is 9.00. The van der Waals surface area contributed by atoms with Crippen molar-refractivity contribution in [3.8, 4) is 0 Å². The van der Waals surface area contributed by atoms with Crippen molar-refractivity contribution in [3.63, 3.8) is 0 Å². The van der Waals surface area contributed by atoms with Crippen LogP contribution in [0.25, 0.3) is 0 Å². The first-order valence-corrected chi connectivity index (χ1v) is 8.15. The van der Waals surface area contributed by atoms with E-state index in [-0.39, 0.29) is 0 Å². The Morgan fingerprint density at radius 2 is 1.43 bits per heavy atom. The van der Waals surface area contributed by atoms with Gasteiger partial charge in [-0.15, -0.1) is 0 Å². The molecule has 2 aromatic carbocycles. The highest BCUT2D eigenvalue weighted by atomic mass is 16.4. The minimum absolute atomic E-state index is 0.515. The molecule has 124 valence electrons. The van der Waals surface area contributed by atoms with Gasteiger partial charge >= 0.3 is 0 Å². The quantitative estimate of drug-likeness (QED) is 0.749. The number of carboxylic acid groups (broad SMARTS) is 1. The third-order valence-electron chi connectivity index (χ3n) is 3.50. The molecule has 0 aromatic heterocycles.